The molecule has 1 amide bonds. The number of benzene rings is 2. The fourth-order valence-electron chi connectivity index (χ4n) is 3.58. The van der Waals surface area contributed by atoms with Crippen molar-refractivity contribution in [1.82, 2.24) is 9.62 Å². The number of rotatable bonds is 7. The Bertz CT molecular complexity index is 947. The molecule has 1 unspecified atom stereocenters. The van der Waals surface area contributed by atoms with E-state index < -0.39 is 16.1 Å². The summed E-state index contributed by atoms with van der Waals surface area (Å²) in [6, 6.07) is 12.9. The largest absolute Gasteiger partial charge is 0.493 e. The van der Waals surface area contributed by atoms with Gasteiger partial charge >= 0.3 is 0 Å². The lowest BCUT2D eigenvalue weighted by atomic mass is 10.0. The van der Waals surface area contributed by atoms with Crippen LogP contribution >= 0.6 is 0 Å². The van der Waals surface area contributed by atoms with Crippen molar-refractivity contribution in [2.45, 2.75) is 36.7 Å². The van der Waals surface area contributed by atoms with Crippen LogP contribution in [0.5, 0.6) is 11.5 Å². The van der Waals surface area contributed by atoms with E-state index in [1.54, 1.807) is 50.6 Å². The van der Waals surface area contributed by atoms with Crippen molar-refractivity contribution in [3.05, 3.63) is 54.1 Å². The average Bonchev–Trinajstić information content (AvgIpc) is 2.77. The van der Waals surface area contributed by atoms with Crippen LogP contribution in [0.15, 0.2) is 53.4 Å². The standard InChI is InChI=1S/C21H26N2O5S/c1-27-19-13-8-9-16(20(19)28-2)15-22-21(24)18-12-6-7-14-23(18)29(25,26)17-10-4-3-5-11-17/h3-5,8-11,13,18H,6-7,12,14-15H2,1-2H3,(H,22,24). The van der Waals surface area contributed by atoms with Gasteiger partial charge in [-0.15, -0.1) is 0 Å². The number of methoxy groups -OCH3 is 2. The number of sulfonamides is 1. The van der Waals surface area contributed by atoms with Gasteiger partial charge in [0.1, 0.15) is 6.04 Å². The van der Waals surface area contributed by atoms with Gasteiger partial charge in [0.25, 0.3) is 0 Å². The van der Waals surface area contributed by atoms with Crippen molar-refractivity contribution in [1.29, 1.82) is 0 Å². The summed E-state index contributed by atoms with van der Waals surface area (Å²) in [5.74, 6) is 0.812. The molecule has 3 rings (SSSR count). The molecule has 29 heavy (non-hydrogen) atoms. The zero-order valence-corrected chi connectivity index (χ0v) is 17.4. The van der Waals surface area contributed by atoms with E-state index in [1.165, 1.54) is 4.31 Å². The number of piperidine rings is 1. The van der Waals surface area contributed by atoms with E-state index in [9.17, 15) is 13.2 Å². The second-order valence-corrected chi connectivity index (χ2v) is 8.70. The summed E-state index contributed by atoms with van der Waals surface area (Å²) in [6.45, 7) is 0.548. The van der Waals surface area contributed by atoms with Crippen molar-refractivity contribution in [2.75, 3.05) is 20.8 Å². The lowest BCUT2D eigenvalue weighted by molar-refractivity contribution is -0.125. The zero-order chi connectivity index (χ0) is 20.9. The van der Waals surface area contributed by atoms with Gasteiger partial charge in [0, 0.05) is 18.7 Å². The minimum Gasteiger partial charge on any atom is -0.493 e. The van der Waals surface area contributed by atoms with Crippen molar-refractivity contribution in [2.24, 2.45) is 0 Å². The molecular formula is C21H26N2O5S. The molecule has 1 heterocycles. The van der Waals surface area contributed by atoms with Crippen molar-refractivity contribution in [3.63, 3.8) is 0 Å². The van der Waals surface area contributed by atoms with Crippen molar-refractivity contribution < 1.29 is 22.7 Å². The Morgan fingerprint density at radius 2 is 1.83 bits per heavy atom. The third-order valence-corrected chi connectivity index (χ3v) is 6.97. The Morgan fingerprint density at radius 1 is 1.07 bits per heavy atom. The van der Waals surface area contributed by atoms with Gasteiger partial charge in [-0.1, -0.05) is 36.8 Å². The number of carbonyl (C=O) groups is 1. The van der Waals surface area contributed by atoms with Crippen LogP contribution in [0.2, 0.25) is 0 Å². The van der Waals surface area contributed by atoms with E-state index >= 15 is 0 Å². The van der Waals surface area contributed by atoms with Gasteiger partial charge in [-0.3, -0.25) is 4.79 Å². The first-order valence-electron chi connectivity index (χ1n) is 9.53. The molecular weight excluding hydrogens is 392 g/mol. The topological polar surface area (TPSA) is 84.9 Å². The molecule has 1 aliphatic rings. The first-order valence-corrected chi connectivity index (χ1v) is 11.0. The molecule has 1 saturated heterocycles. The third kappa shape index (κ3) is 4.54. The summed E-state index contributed by atoms with van der Waals surface area (Å²) < 4.78 is 38.1. The van der Waals surface area contributed by atoms with Gasteiger partial charge < -0.3 is 14.8 Å². The molecule has 0 bridgehead atoms. The second-order valence-electron chi connectivity index (χ2n) is 6.81. The van der Waals surface area contributed by atoms with Crippen LogP contribution in [0.1, 0.15) is 24.8 Å². The van der Waals surface area contributed by atoms with Crippen LogP contribution in [0, 0.1) is 0 Å². The van der Waals surface area contributed by atoms with Gasteiger partial charge in [-0.25, -0.2) is 8.42 Å². The van der Waals surface area contributed by atoms with E-state index in [2.05, 4.69) is 5.32 Å². The maximum absolute atomic E-state index is 13.1. The highest BCUT2D eigenvalue weighted by Crippen LogP contribution is 2.31. The normalized spacial score (nSPS) is 17.5. The molecule has 0 aromatic heterocycles. The minimum atomic E-state index is -3.73. The Morgan fingerprint density at radius 3 is 2.52 bits per heavy atom. The lowest BCUT2D eigenvalue weighted by Gasteiger charge is -2.33. The summed E-state index contributed by atoms with van der Waals surface area (Å²) in [5, 5.41) is 2.87. The molecule has 0 radical (unpaired) electrons. The highest BCUT2D eigenvalue weighted by Gasteiger charge is 2.37. The summed E-state index contributed by atoms with van der Waals surface area (Å²) in [4.78, 5) is 13.1. The molecule has 2 aromatic rings. The van der Waals surface area contributed by atoms with E-state index in [0.29, 0.717) is 24.5 Å². The number of ether oxygens (including phenoxy) is 2. The molecule has 1 fully saturated rings. The molecule has 0 spiro atoms. The average molecular weight is 419 g/mol. The highest BCUT2D eigenvalue weighted by molar-refractivity contribution is 7.89. The third-order valence-electron chi connectivity index (χ3n) is 5.04. The molecule has 1 N–H and O–H groups in total. The number of carbonyl (C=O) groups excluding carboxylic acids is 1. The van der Waals surface area contributed by atoms with Crippen LogP contribution in [0.4, 0.5) is 0 Å². The van der Waals surface area contributed by atoms with E-state index in [-0.39, 0.29) is 17.3 Å². The van der Waals surface area contributed by atoms with Gasteiger partial charge in [-0.2, -0.15) is 4.31 Å². The smallest absolute Gasteiger partial charge is 0.243 e. The Labute approximate surface area is 171 Å². The fraction of sp³-hybridized carbons (Fsp3) is 0.381. The summed E-state index contributed by atoms with van der Waals surface area (Å²) >= 11 is 0. The predicted octanol–water partition coefficient (Wildman–Crippen LogP) is 2.56. The predicted molar refractivity (Wildman–Crippen MR) is 109 cm³/mol. The monoisotopic (exact) mass is 418 g/mol. The Kier molecular flexibility index (Phi) is 6.76. The molecule has 1 atom stereocenters. The second kappa shape index (κ2) is 9.28. The Hall–Kier alpha value is -2.58. The van der Waals surface area contributed by atoms with Gasteiger partial charge in [0.05, 0.1) is 19.1 Å². The number of hydrogen-bond acceptors (Lipinski definition) is 5. The van der Waals surface area contributed by atoms with Crippen LogP contribution in [0.25, 0.3) is 0 Å². The lowest BCUT2D eigenvalue weighted by Crippen LogP contribution is -2.51. The van der Waals surface area contributed by atoms with E-state index in [0.717, 1.165) is 18.4 Å². The van der Waals surface area contributed by atoms with Crippen LogP contribution in [-0.4, -0.2) is 45.4 Å². The van der Waals surface area contributed by atoms with Crippen LogP contribution in [-0.2, 0) is 21.4 Å². The number of amides is 1. The van der Waals surface area contributed by atoms with Crippen LogP contribution < -0.4 is 14.8 Å². The quantitative estimate of drug-likeness (QED) is 0.747. The maximum atomic E-state index is 13.1. The number of nitrogens with zero attached hydrogens (tertiary/aromatic N) is 1. The summed E-state index contributed by atoms with van der Waals surface area (Å²) in [5.41, 5.74) is 0.758. The number of para-hydroxylation sites is 1. The molecule has 2 aromatic carbocycles. The SMILES string of the molecule is COc1cccc(CNC(=O)C2CCCCN2S(=O)(=O)c2ccccc2)c1OC. The van der Waals surface area contributed by atoms with E-state index in [4.69, 9.17) is 9.47 Å². The maximum Gasteiger partial charge on any atom is 0.243 e. The van der Waals surface area contributed by atoms with Gasteiger partial charge in [-0.05, 0) is 31.0 Å². The summed E-state index contributed by atoms with van der Waals surface area (Å²) in [6.07, 6.45) is 2.04. The number of hydrogen-bond donors (Lipinski definition) is 1. The number of nitrogens with one attached hydrogen (secondary N) is 1. The fourth-order valence-corrected chi connectivity index (χ4v) is 5.25. The first-order chi connectivity index (χ1) is 14.0. The minimum absolute atomic E-state index is 0.203. The molecule has 156 valence electrons. The molecule has 7 nitrogen and oxygen atoms in total. The van der Waals surface area contributed by atoms with Crippen molar-refractivity contribution >= 4 is 15.9 Å². The van der Waals surface area contributed by atoms with Gasteiger partial charge in [0.15, 0.2) is 11.5 Å². The summed E-state index contributed by atoms with van der Waals surface area (Å²) in [7, 11) is -0.645. The molecule has 0 saturated carbocycles. The van der Waals surface area contributed by atoms with Crippen molar-refractivity contribution in [3.8, 4) is 11.5 Å². The zero-order valence-electron chi connectivity index (χ0n) is 16.6. The van der Waals surface area contributed by atoms with E-state index in [1.807, 2.05) is 12.1 Å². The highest BCUT2D eigenvalue weighted by atomic mass is 32.2. The van der Waals surface area contributed by atoms with Crippen LogP contribution in [0.3, 0.4) is 0 Å². The first kappa shape index (κ1) is 21.1. The molecule has 0 aliphatic carbocycles. The molecule has 1 aliphatic heterocycles. The Balaban J connectivity index is 1.77. The molecule has 8 heteroatoms. The van der Waals surface area contributed by atoms with Gasteiger partial charge in [0.2, 0.25) is 15.9 Å².